The van der Waals surface area contributed by atoms with Crippen LogP contribution in [0.15, 0.2) is 42.5 Å². The number of hydrogen-bond acceptors (Lipinski definition) is 2. The highest BCUT2D eigenvalue weighted by atomic mass is 35.5. The number of halogens is 1. The van der Waals surface area contributed by atoms with Crippen LogP contribution in [0.25, 0.3) is 10.9 Å². The van der Waals surface area contributed by atoms with E-state index in [1.807, 2.05) is 57.2 Å². The molecular weight excluding hydrogens is 320 g/mol. The van der Waals surface area contributed by atoms with Gasteiger partial charge in [-0.2, -0.15) is 0 Å². The topological polar surface area (TPSA) is 42.0 Å². The van der Waals surface area contributed by atoms with Crippen molar-refractivity contribution in [3.8, 4) is 0 Å². The van der Waals surface area contributed by atoms with Crippen LogP contribution in [0.5, 0.6) is 0 Å². The molecule has 3 aromatic rings. The summed E-state index contributed by atoms with van der Waals surface area (Å²) >= 11 is 5.99. The number of rotatable bonds is 3. The fourth-order valence-electron chi connectivity index (χ4n) is 2.92. The molecule has 3 rings (SSSR count). The number of hydrogen-bond donors (Lipinski definition) is 1. The van der Waals surface area contributed by atoms with Gasteiger partial charge in [-0.3, -0.25) is 9.78 Å². The lowest BCUT2D eigenvalue weighted by Crippen LogP contribution is -2.23. The molecule has 0 unspecified atom stereocenters. The predicted octanol–water partition coefficient (Wildman–Crippen LogP) is 4.74. The van der Waals surface area contributed by atoms with Crippen LogP contribution in [0.3, 0.4) is 0 Å². The van der Waals surface area contributed by atoms with E-state index in [9.17, 15) is 4.79 Å². The van der Waals surface area contributed by atoms with E-state index in [-0.39, 0.29) is 5.91 Å². The van der Waals surface area contributed by atoms with Crippen LogP contribution in [0.1, 0.15) is 32.7 Å². The zero-order valence-corrected chi connectivity index (χ0v) is 14.7. The third-order valence-electron chi connectivity index (χ3n) is 3.96. The van der Waals surface area contributed by atoms with Crippen molar-refractivity contribution in [3.63, 3.8) is 0 Å². The van der Waals surface area contributed by atoms with E-state index in [0.717, 1.165) is 33.3 Å². The average Bonchev–Trinajstić information content (AvgIpc) is 2.53. The molecule has 0 radical (unpaired) electrons. The Morgan fingerprint density at radius 3 is 2.67 bits per heavy atom. The molecule has 0 fully saturated rings. The van der Waals surface area contributed by atoms with Crippen LogP contribution >= 0.6 is 11.6 Å². The average molecular weight is 339 g/mol. The van der Waals surface area contributed by atoms with Crippen molar-refractivity contribution in [2.75, 3.05) is 0 Å². The molecule has 122 valence electrons. The summed E-state index contributed by atoms with van der Waals surface area (Å²) in [6.45, 7) is 6.40. The van der Waals surface area contributed by atoms with E-state index in [2.05, 4.69) is 16.4 Å². The van der Waals surface area contributed by atoms with Gasteiger partial charge < -0.3 is 5.32 Å². The monoisotopic (exact) mass is 338 g/mol. The molecule has 0 aliphatic rings. The maximum absolute atomic E-state index is 12.7. The molecule has 1 amide bonds. The predicted molar refractivity (Wildman–Crippen MR) is 98.6 cm³/mol. The largest absolute Gasteiger partial charge is 0.348 e. The Morgan fingerprint density at radius 1 is 1.12 bits per heavy atom. The maximum atomic E-state index is 12.7. The van der Waals surface area contributed by atoms with Gasteiger partial charge >= 0.3 is 0 Å². The first-order chi connectivity index (χ1) is 11.4. The van der Waals surface area contributed by atoms with Gasteiger partial charge in [-0.25, -0.2) is 0 Å². The Hall–Kier alpha value is -2.39. The van der Waals surface area contributed by atoms with E-state index in [1.54, 1.807) is 0 Å². The molecule has 0 aliphatic carbocycles. The highest BCUT2D eigenvalue weighted by Gasteiger charge is 2.13. The second-order valence-corrected chi connectivity index (χ2v) is 6.54. The van der Waals surface area contributed by atoms with Crippen LogP contribution in [0.2, 0.25) is 5.02 Å². The number of aromatic nitrogens is 1. The van der Waals surface area contributed by atoms with Crippen LogP contribution in [0, 0.1) is 20.8 Å². The number of benzene rings is 2. The minimum absolute atomic E-state index is 0.101. The molecule has 4 heteroatoms. The summed E-state index contributed by atoms with van der Waals surface area (Å²) in [7, 11) is 0. The smallest absolute Gasteiger partial charge is 0.252 e. The van der Waals surface area contributed by atoms with Crippen molar-refractivity contribution in [3.05, 3.63) is 75.4 Å². The van der Waals surface area contributed by atoms with Crippen molar-refractivity contribution in [1.29, 1.82) is 0 Å². The summed E-state index contributed by atoms with van der Waals surface area (Å²) in [5.74, 6) is -0.101. The minimum Gasteiger partial charge on any atom is -0.348 e. The van der Waals surface area contributed by atoms with Crippen molar-refractivity contribution >= 4 is 28.4 Å². The highest BCUT2D eigenvalue weighted by Crippen LogP contribution is 2.23. The molecule has 0 bridgehead atoms. The molecule has 2 aromatic carbocycles. The Bertz CT molecular complexity index is 934. The fourth-order valence-corrected chi connectivity index (χ4v) is 3.13. The van der Waals surface area contributed by atoms with Gasteiger partial charge in [0.1, 0.15) is 0 Å². The number of amides is 1. The van der Waals surface area contributed by atoms with Crippen LogP contribution < -0.4 is 5.32 Å². The minimum atomic E-state index is -0.101. The molecule has 0 saturated carbocycles. The number of nitrogens with one attached hydrogen (secondary N) is 1. The Balaban J connectivity index is 1.94. The van der Waals surface area contributed by atoms with Crippen molar-refractivity contribution in [1.82, 2.24) is 10.3 Å². The zero-order valence-electron chi connectivity index (χ0n) is 14.0. The van der Waals surface area contributed by atoms with E-state index in [1.165, 1.54) is 0 Å². The molecule has 24 heavy (non-hydrogen) atoms. The van der Waals surface area contributed by atoms with Crippen molar-refractivity contribution < 1.29 is 4.79 Å². The van der Waals surface area contributed by atoms with Gasteiger partial charge in [-0.15, -0.1) is 0 Å². The zero-order chi connectivity index (χ0) is 17.3. The molecule has 0 spiro atoms. The Labute approximate surface area is 146 Å². The summed E-state index contributed by atoms with van der Waals surface area (Å²) in [6, 6.07) is 13.4. The number of carbonyl (C=O) groups is 1. The van der Waals surface area contributed by atoms with Gasteiger partial charge in [0.2, 0.25) is 0 Å². The number of carbonyl (C=O) groups excluding carboxylic acids is 1. The summed E-state index contributed by atoms with van der Waals surface area (Å²) in [6.07, 6.45) is 0. The lowest BCUT2D eigenvalue weighted by molar-refractivity contribution is 0.0952. The fraction of sp³-hybridized carbons (Fsp3) is 0.200. The number of aryl methyl sites for hydroxylation is 3. The summed E-state index contributed by atoms with van der Waals surface area (Å²) in [5, 5.41) is 4.53. The second kappa shape index (κ2) is 6.62. The van der Waals surface area contributed by atoms with Gasteiger partial charge in [0.15, 0.2) is 0 Å². The molecular formula is C20H19ClN2O. The normalized spacial score (nSPS) is 10.8. The quantitative estimate of drug-likeness (QED) is 0.749. The van der Waals surface area contributed by atoms with E-state index in [4.69, 9.17) is 11.6 Å². The van der Waals surface area contributed by atoms with Crippen LogP contribution in [-0.4, -0.2) is 10.9 Å². The van der Waals surface area contributed by atoms with E-state index in [0.29, 0.717) is 17.1 Å². The lowest BCUT2D eigenvalue weighted by atomic mass is 10.0. The summed E-state index contributed by atoms with van der Waals surface area (Å²) in [4.78, 5) is 17.3. The van der Waals surface area contributed by atoms with Crippen molar-refractivity contribution in [2.24, 2.45) is 0 Å². The van der Waals surface area contributed by atoms with Crippen molar-refractivity contribution in [2.45, 2.75) is 27.3 Å². The molecule has 1 aromatic heterocycles. The number of pyridine rings is 1. The number of fused-ring (bicyclic) bond motifs is 1. The SMILES string of the molecule is Cc1cc(C)c2nc(C)cc(C(=O)NCc3cccc(Cl)c3)c2c1. The second-order valence-electron chi connectivity index (χ2n) is 6.10. The van der Waals surface area contributed by atoms with Gasteiger partial charge in [0.05, 0.1) is 11.1 Å². The standard InChI is InChI=1S/C20H19ClN2O/c1-12-7-13(2)19-17(8-12)18(9-14(3)23-19)20(24)22-11-15-5-4-6-16(21)10-15/h4-10H,11H2,1-3H3,(H,22,24). The summed E-state index contributed by atoms with van der Waals surface area (Å²) in [5.41, 5.74) is 5.55. The highest BCUT2D eigenvalue weighted by molar-refractivity contribution is 6.30. The molecule has 1 N–H and O–H groups in total. The lowest BCUT2D eigenvalue weighted by Gasteiger charge is -2.11. The molecule has 0 atom stereocenters. The Morgan fingerprint density at radius 2 is 1.92 bits per heavy atom. The molecule has 3 nitrogen and oxygen atoms in total. The Kier molecular flexibility index (Phi) is 4.54. The first kappa shape index (κ1) is 16.5. The summed E-state index contributed by atoms with van der Waals surface area (Å²) < 4.78 is 0. The maximum Gasteiger partial charge on any atom is 0.252 e. The van der Waals surface area contributed by atoms with Gasteiger partial charge in [-0.05, 0) is 56.2 Å². The van der Waals surface area contributed by atoms with Crippen LogP contribution in [-0.2, 0) is 6.54 Å². The first-order valence-corrected chi connectivity index (χ1v) is 8.23. The van der Waals surface area contributed by atoms with E-state index >= 15 is 0 Å². The number of nitrogens with zero attached hydrogens (tertiary/aromatic N) is 1. The third-order valence-corrected chi connectivity index (χ3v) is 4.20. The van der Waals surface area contributed by atoms with E-state index < -0.39 is 0 Å². The van der Waals surface area contributed by atoms with Gasteiger partial charge in [0.25, 0.3) is 5.91 Å². The first-order valence-electron chi connectivity index (χ1n) is 7.85. The third kappa shape index (κ3) is 3.41. The molecule has 0 saturated heterocycles. The van der Waals surface area contributed by atoms with Crippen LogP contribution in [0.4, 0.5) is 0 Å². The molecule has 1 heterocycles. The molecule has 0 aliphatic heterocycles. The van der Waals surface area contributed by atoms with Gasteiger partial charge in [-0.1, -0.05) is 35.4 Å². The van der Waals surface area contributed by atoms with Gasteiger partial charge in [0, 0.05) is 22.6 Å².